The van der Waals surface area contributed by atoms with Gasteiger partial charge in [-0.15, -0.1) is 0 Å². The summed E-state index contributed by atoms with van der Waals surface area (Å²) >= 11 is 0. The molecule has 1 aromatic carbocycles. The first-order valence-corrected chi connectivity index (χ1v) is 7.78. The fourth-order valence-electron chi connectivity index (χ4n) is 2.27. The fourth-order valence-corrected chi connectivity index (χ4v) is 3.83. The van der Waals surface area contributed by atoms with Crippen LogP contribution in [0.2, 0.25) is 0 Å². The van der Waals surface area contributed by atoms with Crippen LogP contribution >= 0.6 is 0 Å². The zero-order valence-electron chi connectivity index (χ0n) is 11.5. The monoisotopic (exact) mass is 298 g/mol. The van der Waals surface area contributed by atoms with E-state index in [-0.39, 0.29) is 16.5 Å². The summed E-state index contributed by atoms with van der Waals surface area (Å²) < 4.78 is 31.3. The zero-order chi connectivity index (χ0) is 14.8. The number of nitrogens with one attached hydrogen (secondary N) is 1. The van der Waals surface area contributed by atoms with E-state index in [0.717, 1.165) is 13.0 Å². The number of rotatable bonds is 4. The molecule has 1 unspecified atom stereocenters. The van der Waals surface area contributed by atoms with E-state index in [9.17, 15) is 13.2 Å². The summed E-state index contributed by atoms with van der Waals surface area (Å²) in [4.78, 5) is 11.7. The molecular weight excluding hydrogens is 280 g/mol. The molecule has 1 atom stereocenters. The highest BCUT2D eigenvalue weighted by Gasteiger charge is 2.32. The van der Waals surface area contributed by atoms with Crippen molar-refractivity contribution in [2.75, 3.05) is 27.2 Å². The highest BCUT2D eigenvalue weighted by molar-refractivity contribution is 7.89. The molecule has 1 heterocycles. The molecule has 0 radical (unpaired) electrons. The highest BCUT2D eigenvalue weighted by Crippen LogP contribution is 2.23. The summed E-state index contributed by atoms with van der Waals surface area (Å²) in [6, 6.07) is 6.01. The minimum absolute atomic E-state index is 0.0127. The minimum Gasteiger partial charge on any atom is -0.465 e. The Hall–Kier alpha value is -1.44. The van der Waals surface area contributed by atoms with Gasteiger partial charge in [-0.1, -0.05) is 12.1 Å². The highest BCUT2D eigenvalue weighted by atomic mass is 32.2. The summed E-state index contributed by atoms with van der Waals surface area (Å²) in [7, 11) is -0.940. The van der Waals surface area contributed by atoms with Gasteiger partial charge in [-0.3, -0.25) is 0 Å². The minimum atomic E-state index is -3.72. The van der Waals surface area contributed by atoms with Crippen molar-refractivity contribution in [1.82, 2.24) is 9.62 Å². The molecule has 7 heteroatoms. The number of likely N-dealkylation sites (N-methyl/N-ethyl adjacent to an activating group) is 1. The quantitative estimate of drug-likeness (QED) is 0.817. The molecule has 0 bridgehead atoms. The molecule has 0 amide bonds. The number of carbonyl (C=O) groups excluding carboxylic acids is 1. The summed E-state index contributed by atoms with van der Waals surface area (Å²) in [5, 5.41) is 3.13. The van der Waals surface area contributed by atoms with Crippen LogP contribution in [0.15, 0.2) is 29.2 Å². The largest absolute Gasteiger partial charge is 0.465 e. The lowest BCUT2D eigenvalue weighted by atomic mass is 10.2. The molecule has 0 aromatic heterocycles. The zero-order valence-corrected chi connectivity index (χ0v) is 12.3. The van der Waals surface area contributed by atoms with Crippen LogP contribution in [0.25, 0.3) is 0 Å². The number of hydrogen-bond acceptors (Lipinski definition) is 5. The van der Waals surface area contributed by atoms with Crippen LogP contribution in [0.1, 0.15) is 16.8 Å². The van der Waals surface area contributed by atoms with Gasteiger partial charge in [0.2, 0.25) is 10.0 Å². The molecule has 1 aliphatic heterocycles. The first-order chi connectivity index (χ1) is 9.48. The molecule has 0 spiro atoms. The second-order valence-electron chi connectivity index (χ2n) is 4.66. The number of sulfonamides is 1. The normalized spacial score (nSPS) is 19.2. The second-order valence-corrected chi connectivity index (χ2v) is 6.62. The van der Waals surface area contributed by atoms with Gasteiger partial charge in [0.15, 0.2) is 0 Å². The Morgan fingerprint density at radius 1 is 1.40 bits per heavy atom. The summed E-state index contributed by atoms with van der Waals surface area (Å²) in [6.07, 6.45) is 0.760. The second kappa shape index (κ2) is 5.90. The van der Waals surface area contributed by atoms with Gasteiger partial charge >= 0.3 is 5.97 Å². The van der Waals surface area contributed by atoms with Gasteiger partial charge in [0.05, 0.1) is 17.6 Å². The van der Waals surface area contributed by atoms with E-state index in [1.807, 2.05) is 0 Å². The van der Waals surface area contributed by atoms with Crippen LogP contribution in [-0.2, 0) is 14.8 Å². The number of benzene rings is 1. The first-order valence-electron chi connectivity index (χ1n) is 6.34. The van der Waals surface area contributed by atoms with Gasteiger partial charge in [-0.2, -0.15) is 4.31 Å². The Labute approximate surface area is 118 Å². The molecule has 20 heavy (non-hydrogen) atoms. The lowest BCUT2D eigenvalue weighted by molar-refractivity contribution is 0.0596. The molecule has 1 fully saturated rings. The van der Waals surface area contributed by atoms with Gasteiger partial charge in [0, 0.05) is 19.6 Å². The fraction of sp³-hybridized carbons (Fsp3) is 0.462. The molecule has 1 aliphatic rings. The van der Waals surface area contributed by atoms with E-state index < -0.39 is 16.0 Å². The number of esters is 1. The number of carbonyl (C=O) groups is 1. The van der Waals surface area contributed by atoms with E-state index in [1.54, 1.807) is 19.2 Å². The number of nitrogens with zero attached hydrogens (tertiary/aromatic N) is 1. The Kier molecular flexibility index (Phi) is 4.42. The maximum Gasteiger partial charge on any atom is 0.339 e. The summed E-state index contributed by atoms with van der Waals surface area (Å²) in [6.45, 7) is 1.42. The Morgan fingerprint density at radius 3 is 2.70 bits per heavy atom. The predicted molar refractivity (Wildman–Crippen MR) is 74.0 cm³/mol. The van der Waals surface area contributed by atoms with Crippen LogP contribution in [0.5, 0.6) is 0 Å². The van der Waals surface area contributed by atoms with Crippen molar-refractivity contribution < 1.29 is 17.9 Å². The molecule has 6 nitrogen and oxygen atoms in total. The Morgan fingerprint density at radius 2 is 2.10 bits per heavy atom. The van der Waals surface area contributed by atoms with Crippen LogP contribution < -0.4 is 5.32 Å². The molecule has 0 saturated carbocycles. The molecular formula is C13H18N2O4S. The summed E-state index contributed by atoms with van der Waals surface area (Å²) in [5.41, 5.74) is 0.0628. The van der Waals surface area contributed by atoms with Crippen molar-refractivity contribution in [1.29, 1.82) is 0 Å². The third-order valence-electron chi connectivity index (χ3n) is 3.50. The van der Waals surface area contributed by atoms with Gasteiger partial charge in [-0.05, 0) is 25.1 Å². The average molecular weight is 298 g/mol. The van der Waals surface area contributed by atoms with E-state index in [0.29, 0.717) is 6.54 Å². The van der Waals surface area contributed by atoms with E-state index in [4.69, 9.17) is 0 Å². The van der Waals surface area contributed by atoms with Crippen molar-refractivity contribution in [3.63, 3.8) is 0 Å². The van der Waals surface area contributed by atoms with Crippen LogP contribution in [0.3, 0.4) is 0 Å². The van der Waals surface area contributed by atoms with Crippen molar-refractivity contribution in [3.05, 3.63) is 29.8 Å². The third-order valence-corrected chi connectivity index (χ3v) is 5.47. The first kappa shape index (κ1) is 15.0. The van der Waals surface area contributed by atoms with E-state index in [1.165, 1.54) is 23.5 Å². The maximum absolute atomic E-state index is 12.7. The average Bonchev–Trinajstić information content (AvgIpc) is 2.99. The van der Waals surface area contributed by atoms with Gasteiger partial charge in [0.1, 0.15) is 0 Å². The van der Waals surface area contributed by atoms with Gasteiger partial charge in [-0.25, -0.2) is 13.2 Å². The van der Waals surface area contributed by atoms with E-state index in [2.05, 4.69) is 10.1 Å². The molecule has 0 aliphatic carbocycles. The Balaban J connectivity index is 2.41. The van der Waals surface area contributed by atoms with E-state index >= 15 is 0 Å². The van der Waals surface area contributed by atoms with Gasteiger partial charge in [0.25, 0.3) is 0 Å². The molecule has 1 aromatic rings. The van der Waals surface area contributed by atoms with Crippen molar-refractivity contribution in [2.45, 2.75) is 17.4 Å². The topological polar surface area (TPSA) is 75.7 Å². The lowest BCUT2D eigenvalue weighted by Crippen LogP contribution is -2.38. The number of hydrogen-bond donors (Lipinski definition) is 1. The molecule has 1 saturated heterocycles. The smallest absolute Gasteiger partial charge is 0.339 e. The molecule has 1 N–H and O–H groups in total. The Bertz CT molecular complexity index is 594. The van der Waals surface area contributed by atoms with Crippen molar-refractivity contribution >= 4 is 16.0 Å². The predicted octanol–water partition coefficient (Wildman–Crippen LogP) is 0.456. The van der Waals surface area contributed by atoms with Crippen LogP contribution in [0, 0.1) is 0 Å². The molecule has 2 rings (SSSR count). The van der Waals surface area contributed by atoms with Crippen LogP contribution in [-0.4, -0.2) is 52.0 Å². The van der Waals surface area contributed by atoms with Crippen molar-refractivity contribution in [2.24, 2.45) is 0 Å². The standard InChI is InChI=1S/C13H18N2O4S/c1-15(10-7-8-14-9-10)20(17,18)12-6-4-3-5-11(12)13(16)19-2/h3-6,10,14H,7-9H2,1-2H3. The number of methoxy groups -OCH3 is 1. The summed E-state index contributed by atoms with van der Waals surface area (Å²) in [5.74, 6) is -0.651. The van der Waals surface area contributed by atoms with Gasteiger partial charge < -0.3 is 10.1 Å². The lowest BCUT2D eigenvalue weighted by Gasteiger charge is -2.24. The van der Waals surface area contributed by atoms with Crippen LogP contribution in [0.4, 0.5) is 0 Å². The SMILES string of the molecule is COC(=O)c1ccccc1S(=O)(=O)N(C)C1CCNC1. The molecule has 110 valence electrons. The van der Waals surface area contributed by atoms with Crippen molar-refractivity contribution in [3.8, 4) is 0 Å². The number of ether oxygens (including phenoxy) is 1. The third kappa shape index (κ3) is 2.70. The maximum atomic E-state index is 12.7.